The molecule has 12 N–H and O–H groups in total. The highest BCUT2D eigenvalue weighted by molar-refractivity contribution is 5.94. The van der Waals surface area contributed by atoms with Crippen LogP contribution in [0.5, 0.6) is 0 Å². The number of nitrogens with zero attached hydrogens (tertiary/aromatic N) is 1. The van der Waals surface area contributed by atoms with Gasteiger partial charge in [-0.15, -0.1) is 0 Å². The minimum atomic E-state index is -1.26. The van der Waals surface area contributed by atoms with Gasteiger partial charge in [0.1, 0.15) is 18.6 Å². The lowest BCUT2D eigenvalue weighted by Gasteiger charge is -2.26. The van der Waals surface area contributed by atoms with Crippen molar-refractivity contribution >= 4 is 35.6 Å². The molecular formula is C18H34N8O6. The van der Waals surface area contributed by atoms with Crippen molar-refractivity contribution in [3.63, 3.8) is 0 Å². The summed E-state index contributed by atoms with van der Waals surface area (Å²) in [6.07, 6.45) is 0.500. The molecule has 0 saturated heterocycles. The number of aliphatic imine (C=N–C) groups is 1. The highest BCUT2D eigenvalue weighted by Gasteiger charge is 2.30. The van der Waals surface area contributed by atoms with Crippen LogP contribution in [-0.2, 0) is 24.0 Å². The van der Waals surface area contributed by atoms with Gasteiger partial charge in [-0.3, -0.25) is 29.0 Å². The van der Waals surface area contributed by atoms with Crippen LogP contribution in [0.2, 0.25) is 0 Å². The molecule has 14 heteroatoms. The van der Waals surface area contributed by atoms with E-state index in [1.807, 2.05) is 0 Å². The summed E-state index contributed by atoms with van der Waals surface area (Å²) in [6, 6.07) is -3.41. The number of carbonyl (C=O) groups excluding carboxylic acids is 4. The summed E-state index contributed by atoms with van der Waals surface area (Å²) in [5, 5.41) is 16.0. The Morgan fingerprint density at radius 1 is 1.00 bits per heavy atom. The Balaban J connectivity index is 5.42. The van der Waals surface area contributed by atoms with Crippen LogP contribution in [0.4, 0.5) is 0 Å². The molecular weight excluding hydrogens is 424 g/mol. The highest BCUT2D eigenvalue weighted by Crippen LogP contribution is 2.10. The van der Waals surface area contributed by atoms with Crippen LogP contribution in [-0.4, -0.2) is 71.9 Å². The molecule has 0 aliphatic rings. The van der Waals surface area contributed by atoms with Crippen LogP contribution in [0.15, 0.2) is 4.99 Å². The fourth-order valence-corrected chi connectivity index (χ4v) is 2.59. The summed E-state index contributed by atoms with van der Waals surface area (Å²) in [5.74, 6) is -4.63. The number of carbonyl (C=O) groups is 5. The van der Waals surface area contributed by atoms with E-state index < -0.39 is 60.7 Å². The zero-order valence-electron chi connectivity index (χ0n) is 18.3. The van der Waals surface area contributed by atoms with Gasteiger partial charge in [0.15, 0.2) is 5.96 Å². The first kappa shape index (κ1) is 28.6. The van der Waals surface area contributed by atoms with Crippen molar-refractivity contribution in [1.29, 1.82) is 0 Å². The number of guanidine groups is 1. The lowest BCUT2D eigenvalue weighted by Crippen LogP contribution is -2.57. The molecule has 4 amide bonds. The molecule has 4 atom stereocenters. The number of hydrogen-bond donors (Lipinski definition) is 8. The number of nitrogens with two attached hydrogens (primary N) is 4. The van der Waals surface area contributed by atoms with Crippen LogP contribution in [0.3, 0.4) is 0 Å². The summed E-state index contributed by atoms with van der Waals surface area (Å²) < 4.78 is 0. The van der Waals surface area contributed by atoms with Crippen LogP contribution in [0, 0.1) is 5.92 Å². The molecule has 14 nitrogen and oxygen atoms in total. The summed E-state index contributed by atoms with van der Waals surface area (Å²) in [6.45, 7) is 3.08. The lowest BCUT2D eigenvalue weighted by molar-refractivity contribution is -0.139. The predicted molar refractivity (Wildman–Crippen MR) is 116 cm³/mol. The molecule has 4 unspecified atom stereocenters. The first-order chi connectivity index (χ1) is 14.9. The molecule has 0 fully saturated rings. The lowest BCUT2D eigenvalue weighted by atomic mass is 9.97. The van der Waals surface area contributed by atoms with E-state index in [0.29, 0.717) is 12.8 Å². The Morgan fingerprint density at radius 3 is 2.12 bits per heavy atom. The topological polar surface area (TPSA) is 258 Å². The average Bonchev–Trinajstić information content (AvgIpc) is 2.70. The normalized spacial score (nSPS) is 14.2. The maximum atomic E-state index is 12.9. The molecule has 32 heavy (non-hydrogen) atoms. The fourth-order valence-electron chi connectivity index (χ4n) is 2.59. The molecule has 182 valence electrons. The summed E-state index contributed by atoms with van der Waals surface area (Å²) in [7, 11) is 0. The highest BCUT2D eigenvalue weighted by atomic mass is 16.4. The summed E-state index contributed by atoms with van der Waals surface area (Å²) in [5.41, 5.74) is 21.2. The van der Waals surface area contributed by atoms with E-state index in [-0.39, 0.29) is 24.8 Å². The first-order valence-electron chi connectivity index (χ1n) is 10.1. The van der Waals surface area contributed by atoms with Crippen molar-refractivity contribution in [3.8, 4) is 0 Å². The SMILES string of the molecule is CCC(C)C(NC(=O)C(CCCN=C(N)N)NC(=O)C(N)CC(N)=O)C(=O)NCC(=O)O. The number of carboxylic acids is 1. The largest absolute Gasteiger partial charge is 0.480 e. The Bertz CT molecular complexity index is 710. The molecule has 0 aromatic heterocycles. The second-order valence-electron chi connectivity index (χ2n) is 7.27. The molecule has 0 heterocycles. The maximum Gasteiger partial charge on any atom is 0.322 e. The van der Waals surface area contributed by atoms with Gasteiger partial charge >= 0.3 is 5.97 Å². The summed E-state index contributed by atoms with van der Waals surface area (Å²) >= 11 is 0. The monoisotopic (exact) mass is 458 g/mol. The van der Waals surface area contributed by atoms with Gasteiger partial charge in [0.2, 0.25) is 23.6 Å². The molecule has 0 aliphatic carbocycles. The third kappa shape index (κ3) is 11.7. The van der Waals surface area contributed by atoms with Gasteiger partial charge in [-0.05, 0) is 18.8 Å². The number of carboxylic acid groups (broad SMARTS) is 1. The van der Waals surface area contributed by atoms with Crippen LogP contribution in [0.25, 0.3) is 0 Å². The number of nitrogens with one attached hydrogen (secondary N) is 3. The van der Waals surface area contributed by atoms with Crippen molar-refractivity contribution in [3.05, 3.63) is 0 Å². The molecule has 0 bridgehead atoms. The zero-order valence-corrected chi connectivity index (χ0v) is 18.3. The minimum absolute atomic E-state index is 0.0988. The van der Waals surface area contributed by atoms with E-state index in [4.69, 9.17) is 28.0 Å². The zero-order chi connectivity index (χ0) is 24.8. The molecule has 0 saturated carbocycles. The van der Waals surface area contributed by atoms with E-state index in [0.717, 1.165) is 0 Å². The third-order valence-corrected chi connectivity index (χ3v) is 4.54. The first-order valence-corrected chi connectivity index (χ1v) is 10.1. The molecule has 0 aromatic rings. The Morgan fingerprint density at radius 2 is 1.62 bits per heavy atom. The fraction of sp³-hybridized carbons (Fsp3) is 0.667. The number of hydrogen-bond acceptors (Lipinski definition) is 7. The molecule has 0 rings (SSSR count). The van der Waals surface area contributed by atoms with Gasteiger partial charge in [-0.25, -0.2) is 0 Å². The van der Waals surface area contributed by atoms with Crippen molar-refractivity contribution < 1.29 is 29.1 Å². The van der Waals surface area contributed by atoms with E-state index >= 15 is 0 Å². The van der Waals surface area contributed by atoms with E-state index in [2.05, 4.69) is 20.9 Å². The Labute approximate surface area is 185 Å². The standard InChI is InChI=1S/C18H34N8O6/c1-3-9(2)14(17(32)24-8-13(28)29)26-16(31)11(5-4-6-23-18(21)22)25-15(30)10(19)7-12(20)27/h9-11,14H,3-8,19H2,1-2H3,(H2,20,27)(H,24,32)(H,25,30)(H,26,31)(H,28,29)(H4,21,22,23). The number of primary amides is 1. The Hall–Kier alpha value is -3.42. The van der Waals surface area contributed by atoms with E-state index in [9.17, 15) is 24.0 Å². The van der Waals surface area contributed by atoms with Crippen LogP contribution in [0.1, 0.15) is 39.5 Å². The molecule has 0 spiro atoms. The van der Waals surface area contributed by atoms with Crippen molar-refractivity contribution in [2.75, 3.05) is 13.1 Å². The van der Waals surface area contributed by atoms with Crippen molar-refractivity contribution in [1.82, 2.24) is 16.0 Å². The maximum absolute atomic E-state index is 12.9. The van der Waals surface area contributed by atoms with Gasteiger partial charge in [0, 0.05) is 6.54 Å². The second-order valence-corrected chi connectivity index (χ2v) is 7.27. The van der Waals surface area contributed by atoms with Crippen LogP contribution < -0.4 is 38.9 Å². The van der Waals surface area contributed by atoms with Crippen molar-refractivity contribution in [2.24, 2.45) is 33.8 Å². The number of aliphatic carboxylic acids is 1. The van der Waals surface area contributed by atoms with Crippen molar-refractivity contribution in [2.45, 2.75) is 57.7 Å². The van der Waals surface area contributed by atoms with Gasteiger partial charge < -0.3 is 44.0 Å². The average molecular weight is 459 g/mol. The molecule has 0 radical (unpaired) electrons. The smallest absolute Gasteiger partial charge is 0.322 e. The van der Waals surface area contributed by atoms with Gasteiger partial charge in [-0.1, -0.05) is 20.3 Å². The van der Waals surface area contributed by atoms with Gasteiger partial charge in [-0.2, -0.15) is 0 Å². The minimum Gasteiger partial charge on any atom is -0.480 e. The number of rotatable bonds is 15. The second kappa shape index (κ2) is 14.6. The van der Waals surface area contributed by atoms with E-state index in [1.54, 1.807) is 13.8 Å². The van der Waals surface area contributed by atoms with Crippen LogP contribution >= 0.6 is 0 Å². The Kier molecular flexibility index (Phi) is 13.0. The summed E-state index contributed by atoms with van der Waals surface area (Å²) in [4.78, 5) is 63.1. The van der Waals surface area contributed by atoms with E-state index in [1.165, 1.54) is 0 Å². The molecule has 0 aromatic carbocycles. The third-order valence-electron chi connectivity index (χ3n) is 4.54. The quantitative estimate of drug-likeness (QED) is 0.0685. The van der Waals surface area contributed by atoms with Gasteiger partial charge in [0.05, 0.1) is 12.5 Å². The van der Waals surface area contributed by atoms with Gasteiger partial charge in [0.25, 0.3) is 0 Å². The molecule has 0 aliphatic heterocycles. The number of amides is 4. The predicted octanol–water partition coefficient (Wildman–Crippen LogP) is -3.54.